The minimum Gasteiger partial charge on any atom is -0.491 e. The van der Waals surface area contributed by atoms with E-state index >= 15 is 0 Å². The Balaban J connectivity index is 1.56. The zero-order valence-electron chi connectivity index (χ0n) is 16.7. The first kappa shape index (κ1) is 21.4. The second-order valence-corrected chi connectivity index (χ2v) is 7.92. The summed E-state index contributed by atoms with van der Waals surface area (Å²) >= 11 is 1.15. The van der Waals surface area contributed by atoms with E-state index < -0.39 is 5.95 Å². The van der Waals surface area contributed by atoms with Crippen LogP contribution in [0.2, 0.25) is 0 Å². The van der Waals surface area contributed by atoms with Gasteiger partial charge in [-0.05, 0) is 13.0 Å². The normalized spacial score (nSPS) is 19.3. The summed E-state index contributed by atoms with van der Waals surface area (Å²) in [4.78, 5) is 21.8. The number of hydrogen-bond acceptors (Lipinski definition) is 8. The molecule has 0 spiro atoms. The van der Waals surface area contributed by atoms with Crippen molar-refractivity contribution in [3.63, 3.8) is 0 Å². The molecule has 1 amide bonds. The number of nitrogens with zero attached hydrogens (tertiary/aromatic N) is 3. The van der Waals surface area contributed by atoms with Crippen molar-refractivity contribution in [1.29, 1.82) is 0 Å². The molecule has 2 aromatic rings. The van der Waals surface area contributed by atoms with E-state index in [4.69, 9.17) is 14.2 Å². The molecule has 0 aromatic carbocycles. The van der Waals surface area contributed by atoms with Crippen LogP contribution < -0.4 is 14.8 Å². The molecule has 1 N–H and O–H groups in total. The Hall–Kier alpha value is -2.30. The fraction of sp³-hybridized carbons (Fsp3) is 0.526. The van der Waals surface area contributed by atoms with Crippen molar-refractivity contribution in [3.8, 4) is 11.6 Å². The molecule has 10 heteroatoms. The highest BCUT2D eigenvalue weighted by Gasteiger charge is 2.32. The number of thiazole rings is 1. The van der Waals surface area contributed by atoms with Crippen molar-refractivity contribution in [2.75, 3.05) is 32.2 Å². The van der Waals surface area contributed by atoms with E-state index in [0.29, 0.717) is 42.8 Å². The summed E-state index contributed by atoms with van der Waals surface area (Å²) in [5.74, 6) is 0.357. The van der Waals surface area contributed by atoms with Gasteiger partial charge in [0.05, 0.1) is 11.5 Å². The number of methoxy groups -OCH3 is 1. The number of rotatable bonds is 9. The van der Waals surface area contributed by atoms with Gasteiger partial charge in [-0.25, -0.2) is 4.98 Å². The lowest BCUT2D eigenvalue weighted by molar-refractivity contribution is -0.114. The number of likely N-dealkylation sites (tertiary alicyclic amines) is 1. The molecule has 2 atom stereocenters. The van der Waals surface area contributed by atoms with E-state index in [1.165, 1.54) is 6.92 Å². The number of amides is 1. The number of nitrogens with one attached hydrogen (secondary N) is 1. The number of pyridine rings is 1. The first-order valence-electron chi connectivity index (χ1n) is 9.36. The topological polar surface area (TPSA) is 85.8 Å². The molecular weight excluding hydrogens is 399 g/mol. The van der Waals surface area contributed by atoms with Gasteiger partial charge >= 0.3 is 0 Å². The van der Waals surface area contributed by atoms with Crippen molar-refractivity contribution in [1.82, 2.24) is 14.9 Å². The second-order valence-electron chi connectivity index (χ2n) is 6.84. The van der Waals surface area contributed by atoms with Crippen LogP contribution in [0, 0.1) is 5.95 Å². The Kier molecular flexibility index (Phi) is 7.34. The minimum atomic E-state index is -0.544. The van der Waals surface area contributed by atoms with E-state index in [-0.39, 0.29) is 23.2 Å². The van der Waals surface area contributed by atoms with Crippen LogP contribution in [-0.4, -0.2) is 59.8 Å². The zero-order valence-corrected chi connectivity index (χ0v) is 17.5. The molecule has 1 aliphatic rings. The Morgan fingerprint density at radius 2 is 2.28 bits per heavy atom. The van der Waals surface area contributed by atoms with Crippen LogP contribution in [0.5, 0.6) is 11.6 Å². The monoisotopic (exact) mass is 424 g/mol. The maximum atomic E-state index is 14.1. The van der Waals surface area contributed by atoms with Crippen molar-refractivity contribution < 1.29 is 23.4 Å². The van der Waals surface area contributed by atoms with Gasteiger partial charge in [-0.1, -0.05) is 11.3 Å². The van der Waals surface area contributed by atoms with Crippen LogP contribution in [0.15, 0.2) is 18.3 Å². The molecule has 158 valence electrons. The van der Waals surface area contributed by atoms with Crippen LogP contribution in [0.3, 0.4) is 0 Å². The maximum Gasteiger partial charge on any atom is 0.230 e. The summed E-state index contributed by atoms with van der Waals surface area (Å²) in [6.45, 7) is 5.46. The van der Waals surface area contributed by atoms with Gasteiger partial charge in [0.25, 0.3) is 0 Å². The van der Waals surface area contributed by atoms with E-state index in [0.717, 1.165) is 17.8 Å². The lowest BCUT2D eigenvalue weighted by atomic mass is 10.2. The number of aromatic nitrogens is 2. The lowest BCUT2D eigenvalue weighted by Crippen LogP contribution is -2.28. The molecule has 3 heterocycles. The maximum absolute atomic E-state index is 14.1. The standard InChI is InChI=1S/C19H25FN4O4S/c1-12-8-15(28-17-9-14(4-5-21-17)27-7-6-26-3)10-24(12)11-16-18(20)23-19(29-16)22-13(2)25/h4-5,9,12,15H,6-8,10-11H2,1-3H3,(H,22,23,25)/t12-,15+/m0/s1. The van der Waals surface area contributed by atoms with Crippen LogP contribution >= 0.6 is 11.3 Å². The lowest BCUT2D eigenvalue weighted by Gasteiger charge is -2.19. The van der Waals surface area contributed by atoms with E-state index in [1.807, 2.05) is 0 Å². The highest BCUT2D eigenvalue weighted by molar-refractivity contribution is 7.15. The molecular formula is C19H25FN4O4S. The Bertz CT molecular complexity index is 834. The van der Waals surface area contributed by atoms with E-state index in [1.54, 1.807) is 25.4 Å². The van der Waals surface area contributed by atoms with Gasteiger partial charge in [0.15, 0.2) is 5.13 Å². The summed E-state index contributed by atoms with van der Waals surface area (Å²) in [5, 5.41) is 2.80. The smallest absolute Gasteiger partial charge is 0.230 e. The van der Waals surface area contributed by atoms with E-state index in [9.17, 15) is 9.18 Å². The Morgan fingerprint density at radius 3 is 3.03 bits per heavy atom. The van der Waals surface area contributed by atoms with Gasteiger partial charge in [0.2, 0.25) is 17.7 Å². The fourth-order valence-corrected chi connectivity index (χ4v) is 4.04. The molecule has 1 fully saturated rings. The first-order chi connectivity index (χ1) is 13.9. The largest absolute Gasteiger partial charge is 0.491 e. The van der Waals surface area contributed by atoms with Crippen molar-refractivity contribution in [3.05, 3.63) is 29.2 Å². The quantitative estimate of drug-likeness (QED) is 0.620. The van der Waals surface area contributed by atoms with Gasteiger partial charge < -0.3 is 19.5 Å². The van der Waals surface area contributed by atoms with Gasteiger partial charge in [0, 0.05) is 51.8 Å². The van der Waals surface area contributed by atoms with Crippen molar-refractivity contribution >= 4 is 22.4 Å². The predicted octanol–water partition coefficient (Wildman–Crippen LogP) is 2.70. The van der Waals surface area contributed by atoms with Crippen molar-refractivity contribution in [2.45, 2.75) is 39.0 Å². The molecule has 0 radical (unpaired) electrons. The van der Waals surface area contributed by atoms with Crippen LogP contribution in [0.4, 0.5) is 9.52 Å². The number of anilines is 1. The van der Waals surface area contributed by atoms with Crippen LogP contribution in [-0.2, 0) is 16.1 Å². The highest BCUT2D eigenvalue weighted by Crippen LogP contribution is 2.29. The average molecular weight is 424 g/mol. The molecule has 8 nitrogen and oxygen atoms in total. The number of hydrogen-bond donors (Lipinski definition) is 1. The SMILES string of the molecule is COCCOc1ccnc(O[C@@H]2C[C@H](C)N(Cc3sc(NC(C)=O)nc3F)C2)c1. The molecule has 2 aromatic heterocycles. The zero-order chi connectivity index (χ0) is 20.8. The Labute approximate surface area is 173 Å². The highest BCUT2D eigenvalue weighted by atomic mass is 32.1. The molecule has 29 heavy (non-hydrogen) atoms. The Morgan fingerprint density at radius 1 is 1.45 bits per heavy atom. The fourth-order valence-electron chi connectivity index (χ4n) is 3.13. The minimum absolute atomic E-state index is 0.0578. The third kappa shape index (κ3) is 6.09. The predicted molar refractivity (Wildman–Crippen MR) is 107 cm³/mol. The summed E-state index contributed by atoms with van der Waals surface area (Å²) in [6, 6.07) is 3.74. The van der Waals surface area contributed by atoms with Gasteiger partial charge in [-0.15, -0.1) is 0 Å². The number of carbonyl (C=O) groups is 1. The van der Waals surface area contributed by atoms with Gasteiger partial charge in [-0.2, -0.15) is 9.37 Å². The third-order valence-electron chi connectivity index (χ3n) is 4.49. The molecule has 3 rings (SSSR count). The molecule has 1 saturated heterocycles. The molecule has 1 aliphatic heterocycles. The molecule has 0 unspecified atom stereocenters. The number of carbonyl (C=O) groups excluding carboxylic acids is 1. The molecule has 0 bridgehead atoms. The summed E-state index contributed by atoms with van der Waals surface area (Å²) < 4.78 is 30.7. The molecule has 0 aliphatic carbocycles. The summed E-state index contributed by atoms with van der Waals surface area (Å²) in [7, 11) is 1.62. The van der Waals surface area contributed by atoms with E-state index in [2.05, 4.69) is 27.1 Å². The summed E-state index contributed by atoms with van der Waals surface area (Å²) in [5.41, 5.74) is 0. The summed E-state index contributed by atoms with van der Waals surface area (Å²) in [6.07, 6.45) is 2.39. The third-order valence-corrected chi connectivity index (χ3v) is 5.43. The van der Waals surface area contributed by atoms with Crippen LogP contribution in [0.25, 0.3) is 0 Å². The van der Waals surface area contributed by atoms with Crippen LogP contribution in [0.1, 0.15) is 25.1 Å². The van der Waals surface area contributed by atoms with Gasteiger partial charge in [-0.3, -0.25) is 9.69 Å². The first-order valence-corrected chi connectivity index (χ1v) is 10.2. The van der Waals surface area contributed by atoms with Crippen molar-refractivity contribution in [2.24, 2.45) is 0 Å². The van der Waals surface area contributed by atoms with Gasteiger partial charge in [0.1, 0.15) is 18.5 Å². The second kappa shape index (κ2) is 9.95. The number of halogens is 1. The average Bonchev–Trinajstić information content (AvgIpc) is 3.17. The molecule has 0 saturated carbocycles. The number of ether oxygens (including phenoxy) is 3.